The third kappa shape index (κ3) is 4.33. The molecule has 0 aliphatic rings. The number of hydrogen-bond donors (Lipinski definition) is 2. The van der Waals surface area contributed by atoms with Crippen LogP contribution in [0.2, 0.25) is 0 Å². The van der Waals surface area contributed by atoms with E-state index in [1.165, 1.54) is 12.1 Å². The summed E-state index contributed by atoms with van der Waals surface area (Å²) in [5.74, 6) is -0.508. The van der Waals surface area contributed by atoms with Crippen molar-refractivity contribution in [1.29, 1.82) is 0 Å². The van der Waals surface area contributed by atoms with Gasteiger partial charge in [0.1, 0.15) is 17.0 Å². The molecular weight excluding hydrogens is 403 g/mol. The average molecular weight is 420 g/mol. The van der Waals surface area contributed by atoms with Gasteiger partial charge in [-0.1, -0.05) is 18.3 Å². The highest BCUT2D eigenvalue weighted by Gasteiger charge is 2.10. The van der Waals surface area contributed by atoms with Crippen molar-refractivity contribution in [2.45, 2.75) is 0 Å². The molecule has 2 aromatic heterocycles. The number of fused-ring (bicyclic) bond motifs is 3. The number of aromatic nitrogens is 1. The fourth-order valence-corrected chi connectivity index (χ4v) is 3.45. The van der Waals surface area contributed by atoms with Crippen molar-refractivity contribution in [3.8, 4) is 0 Å². The van der Waals surface area contributed by atoms with Crippen LogP contribution in [0.15, 0.2) is 76.9 Å². The van der Waals surface area contributed by atoms with Crippen molar-refractivity contribution in [1.82, 2.24) is 4.98 Å². The lowest BCUT2D eigenvalue weighted by Gasteiger charge is -2.06. The van der Waals surface area contributed by atoms with Crippen LogP contribution < -0.4 is 11.1 Å². The first-order valence-corrected chi connectivity index (χ1v) is 9.96. The van der Waals surface area contributed by atoms with E-state index in [4.69, 9.17) is 10.2 Å². The maximum absolute atomic E-state index is 13.4. The number of nitrogens with zero attached hydrogens (tertiary/aromatic N) is 2. The highest BCUT2D eigenvalue weighted by molar-refractivity contribution is 8.14. The molecule has 0 spiro atoms. The number of anilines is 1. The van der Waals surface area contributed by atoms with E-state index in [9.17, 15) is 9.18 Å². The summed E-state index contributed by atoms with van der Waals surface area (Å²) in [6, 6.07) is 13.2. The zero-order valence-electron chi connectivity index (χ0n) is 15.8. The molecule has 2 aromatic carbocycles. The summed E-state index contributed by atoms with van der Waals surface area (Å²) in [5.41, 5.74) is 8.81. The van der Waals surface area contributed by atoms with Crippen molar-refractivity contribution in [2.75, 3.05) is 11.1 Å². The summed E-state index contributed by atoms with van der Waals surface area (Å²) in [6.45, 7) is 3.86. The molecule has 0 unspecified atom stereocenters. The Morgan fingerprint density at radius 3 is 2.87 bits per heavy atom. The number of carbonyl (C=O) groups is 1. The van der Waals surface area contributed by atoms with Gasteiger partial charge >= 0.3 is 0 Å². The molecule has 4 rings (SSSR count). The SMILES string of the molecule is C=C(N=C(N)SCC(=O)Nc1ccc2oc3cc(F)ccc3c2c1)c1cccnc1. The third-order valence-corrected chi connectivity index (χ3v) is 5.10. The molecule has 3 N–H and O–H groups in total. The molecule has 0 saturated heterocycles. The number of rotatable bonds is 5. The molecule has 150 valence electrons. The van der Waals surface area contributed by atoms with Gasteiger partial charge in [-0.3, -0.25) is 9.78 Å². The fraction of sp³-hybridized carbons (Fsp3) is 0.0455. The second-order valence-corrected chi connectivity index (χ2v) is 7.42. The van der Waals surface area contributed by atoms with Crippen LogP contribution in [-0.2, 0) is 4.79 Å². The third-order valence-electron chi connectivity index (χ3n) is 4.31. The van der Waals surface area contributed by atoms with Crippen LogP contribution in [0.4, 0.5) is 10.1 Å². The van der Waals surface area contributed by atoms with E-state index in [2.05, 4.69) is 21.9 Å². The predicted octanol–water partition coefficient (Wildman–Crippen LogP) is 4.78. The highest BCUT2D eigenvalue weighted by Crippen LogP contribution is 2.31. The van der Waals surface area contributed by atoms with Crippen molar-refractivity contribution >= 4 is 56.2 Å². The number of nitrogens with one attached hydrogen (secondary N) is 1. The number of benzene rings is 2. The van der Waals surface area contributed by atoms with Crippen molar-refractivity contribution < 1.29 is 13.6 Å². The van der Waals surface area contributed by atoms with E-state index < -0.39 is 0 Å². The molecule has 0 aliphatic carbocycles. The van der Waals surface area contributed by atoms with E-state index in [0.29, 0.717) is 22.6 Å². The zero-order chi connectivity index (χ0) is 21.1. The molecule has 1 amide bonds. The van der Waals surface area contributed by atoms with E-state index in [0.717, 1.165) is 28.1 Å². The Labute approximate surface area is 175 Å². The fourth-order valence-electron chi connectivity index (χ4n) is 2.93. The summed E-state index contributed by atoms with van der Waals surface area (Å²) < 4.78 is 19.0. The Morgan fingerprint density at radius 2 is 2.07 bits per heavy atom. The first-order chi connectivity index (χ1) is 14.5. The average Bonchev–Trinajstić information content (AvgIpc) is 3.09. The van der Waals surface area contributed by atoms with Gasteiger partial charge in [0, 0.05) is 40.5 Å². The Morgan fingerprint density at radius 1 is 1.20 bits per heavy atom. The van der Waals surface area contributed by atoms with Crippen LogP contribution in [0.3, 0.4) is 0 Å². The number of furan rings is 1. The van der Waals surface area contributed by atoms with Crippen LogP contribution in [0.1, 0.15) is 5.56 Å². The van der Waals surface area contributed by atoms with Crippen LogP contribution in [-0.4, -0.2) is 21.8 Å². The summed E-state index contributed by atoms with van der Waals surface area (Å²) in [5, 5.41) is 4.63. The monoisotopic (exact) mass is 420 g/mol. The molecular formula is C22H17FN4O2S. The van der Waals surface area contributed by atoms with E-state index in [-0.39, 0.29) is 22.6 Å². The molecule has 0 fully saturated rings. The minimum atomic E-state index is -0.363. The van der Waals surface area contributed by atoms with Gasteiger partial charge in [0.2, 0.25) is 5.91 Å². The van der Waals surface area contributed by atoms with Gasteiger partial charge in [-0.15, -0.1) is 0 Å². The number of amidine groups is 1. The molecule has 6 nitrogen and oxygen atoms in total. The lowest BCUT2D eigenvalue weighted by atomic mass is 10.1. The maximum atomic E-state index is 13.4. The molecule has 0 saturated carbocycles. The van der Waals surface area contributed by atoms with Gasteiger partial charge in [-0.25, -0.2) is 9.38 Å². The largest absolute Gasteiger partial charge is 0.456 e. The zero-order valence-corrected chi connectivity index (χ0v) is 16.6. The van der Waals surface area contributed by atoms with Gasteiger partial charge in [-0.05, 0) is 42.5 Å². The Balaban J connectivity index is 1.41. The first kappa shape index (κ1) is 19.7. The number of pyridine rings is 1. The molecule has 30 heavy (non-hydrogen) atoms. The van der Waals surface area contributed by atoms with Gasteiger partial charge in [-0.2, -0.15) is 0 Å². The number of nitrogens with two attached hydrogens (primary N) is 1. The summed E-state index contributed by atoms with van der Waals surface area (Å²) in [7, 11) is 0. The molecule has 0 atom stereocenters. The van der Waals surface area contributed by atoms with Gasteiger partial charge in [0.05, 0.1) is 11.4 Å². The van der Waals surface area contributed by atoms with E-state index >= 15 is 0 Å². The molecule has 8 heteroatoms. The van der Waals surface area contributed by atoms with Crippen LogP contribution in [0.25, 0.3) is 27.6 Å². The van der Waals surface area contributed by atoms with Crippen LogP contribution in [0.5, 0.6) is 0 Å². The Hall–Kier alpha value is -3.65. The van der Waals surface area contributed by atoms with Crippen LogP contribution >= 0.6 is 11.8 Å². The summed E-state index contributed by atoms with van der Waals surface area (Å²) in [4.78, 5) is 20.5. The molecule has 0 aliphatic heterocycles. The standard InChI is InChI=1S/C22H17FN4O2S/c1-13(14-3-2-8-25-11-14)26-22(24)30-12-21(28)27-16-5-7-19-18(10-16)17-6-4-15(23)9-20(17)29-19/h2-11H,1,12H2,(H2,24,26)(H,27,28). The second kappa shape index (κ2) is 8.38. The minimum Gasteiger partial charge on any atom is -0.456 e. The lowest BCUT2D eigenvalue weighted by Crippen LogP contribution is -2.17. The summed E-state index contributed by atoms with van der Waals surface area (Å²) >= 11 is 1.11. The number of carbonyl (C=O) groups excluding carboxylic acids is 1. The van der Waals surface area contributed by atoms with Crippen molar-refractivity contribution in [3.05, 3.63) is 78.9 Å². The number of amides is 1. The number of aliphatic imine (C=N–C) groups is 1. The maximum Gasteiger partial charge on any atom is 0.234 e. The summed E-state index contributed by atoms with van der Waals surface area (Å²) in [6.07, 6.45) is 3.30. The molecule has 4 aromatic rings. The van der Waals surface area contributed by atoms with Crippen molar-refractivity contribution in [2.24, 2.45) is 10.7 Å². The number of halogens is 1. The van der Waals surface area contributed by atoms with Gasteiger partial charge in [0.25, 0.3) is 0 Å². The normalized spacial score (nSPS) is 11.7. The second-order valence-electron chi connectivity index (χ2n) is 6.43. The Kier molecular flexibility index (Phi) is 5.49. The quantitative estimate of drug-likeness (QED) is 0.358. The predicted molar refractivity (Wildman–Crippen MR) is 120 cm³/mol. The van der Waals surface area contributed by atoms with Gasteiger partial charge < -0.3 is 15.5 Å². The topological polar surface area (TPSA) is 93.5 Å². The first-order valence-electron chi connectivity index (χ1n) is 8.97. The number of hydrogen-bond acceptors (Lipinski definition) is 5. The molecule has 0 bridgehead atoms. The molecule has 0 radical (unpaired) electrons. The Bertz CT molecular complexity index is 1280. The highest BCUT2D eigenvalue weighted by atomic mass is 32.2. The van der Waals surface area contributed by atoms with Crippen molar-refractivity contribution in [3.63, 3.8) is 0 Å². The van der Waals surface area contributed by atoms with E-state index in [1.54, 1.807) is 42.7 Å². The minimum absolute atomic E-state index is 0.0883. The van der Waals surface area contributed by atoms with Crippen LogP contribution in [0, 0.1) is 5.82 Å². The van der Waals surface area contributed by atoms with Gasteiger partial charge in [0.15, 0.2) is 5.17 Å². The number of thioether (sulfide) groups is 1. The van der Waals surface area contributed by atoms with E-state index in [1.807, 2.05) is 6.07 Å². The molecule has 2 heterocycles. The lowest BCUT2D eigenvalue weighted by molar-refractivity contribution is -0.113. The smallest absolute Gasteiger partial charge is 0.234 e.